The van der Waals surface area contributed by atoms with Crippen LogP contribution in [0.4, 0.5) is 5.69 Å². The maximum Gasteiger partial charge on any atom is 0.274 e. The number of nitro benzene ring substituents is 1. The number of ketones is 1. The maximum absolute atomic E-state index is 11.2. The molecular formula is C10H9BrClNO3. The van der Waals surface area contributed by atoms with Crippen molar-refractivity contribution in [1.82, 2.24) is 0 Å². The third-order valence-electron chi connectivity index (χ3n) is 2.07. The molecule has 0 amide bonds. The lowest BCUT2D eigenvalue weighted by Crippen LogP contribution is -2.05. The van der Waals surface area contributed by atoms with Gasteiger partial charge in [0.05, 0.1) is 10.5 Å². The molecule has 1 atom stereocenters. The van der Waals surface area contributed by atoms with E-state index >= 15 is 0 Å². The van der Waals surface area contributed by atoms with Crippen molar-refractivity contribution in [2.45, 2.75) is 17.6 Å². The Balaban J connectivity index is 3.30. The molecule has 0 aliphatic heterocycles. The first kappa shape index (κ1) is 13.1. The first-order valence-corrected chi connectivity index (χ1v) is 5.90. The molecule has 1 unspecified atom stereocenters. The smallest absolute Gasteiger partial charge is 0.274 e. The van der Waals surface area contributed by atoms with Crippen molar-refractivity contribution < 1.29 is 9.72 Å². The van der Waals surface area contributed by atoms with Crippen LogP contribution in [-0.4, -0.2) is 10.7 Å². The normalized spacial score (nSPS) is 12.2. The van der Waals surface area contributed by atoms with E-state index in [4.69, 9.17) is 11.6 Å². The van der Waals surface area contributed by atoms with Crippen LogP contribution in [0.5, 0.6) is 0 Å². The highest BCUT2D eigenvalue weighted by Crippen LogP contribution is 2.32. The highest BCUT2D eigenvalue weighted by molar-refractivity contribution is 9.09. The Kier molecular flexibility index (Phi) is 4.44. The monoisotopic (exact) mass is 305 g/mol. The highest BCUT2D eigenvalue weighted by Gasteiger charge is 2.23. The number of Topliss-reactive ketones (excluding diaryl/α,β-unsaturated/α-hetero) is 1. The molecule has 0 saturated carbocycles. The molecule has 0 aliphatic rings. The number of carbonyl (C=O) groups is 1. The van der Waals surface area contributed by atoms with E-state index in [-0.39, 0.29) is 17.4 Å². The molecule has 1 aromatic rings. The van der Waals surface area contributed by atoms with E-state index in [0.717, 1.165) is 5.56 Å². The maximum atomic E-state index is 11.2. The number of carbonyl (C=O) groups excluding carboxylic acids is 1. The zero-order chi connectivity index (χ0) is 12.3. The van der Waals surface area contributed by atoms with E-state index in [0.29, 0.717) is 5.56 Å². The van der Waals surface area contributed by atoms with E-state index < -0.39 is 9.75 Å². The van der Waals surface area contributed by atoms with Gasteiger partial charge in [-0.25, -0.2) is 0 Å². The topological polar surface area (TPSA) is 60.2 Å². The van der Waals surface area contributed by atoms with Gasteiger partial charge in [-0.1, -0.05) is 22.0 Å². The fraction of sp³-hybridized carbons (Fsp3) is 0.300. The Labute approximate surface area is 106 Å². The Morgan fingerprint density at radius 1 is 1.62 bits per heavy atom. The van der Waals surface area contributed by atoms with Crippen LogP contribution in [-0.2, 0) is 10.7 Å². The molecule has 0 N–H and O–H groups in total. The van der Waals surface area contributed by atoms with Gasteiger partial charge in [0.2, 0.25) is 0 Å². The third kappa shape index (κ3) is 2.80. The summed E-state index contributed by atoms with van der Waals surface area (Å²) < 4.78 is 0. The summed E-state index contributed by atoms with van der Waals surface area (Å²) in [5.41, 5.74) is 1.01. The lowest BCUT2D eigenvalue weighted by molar-refractivity contribution is -0.385. The second kappa shape index (κ2) is 5.41. The quantitative estimate of drug-likeness (QED) is 0.487. The molecule has 0 radical (unpaired) electrons. The Bertz CT molecular complexity index is 436. The van der Waals surface area contributed by atoms with E-state index in [1.165, 1.54) is 13.0 Å². The third-order valence-corrected chi connectivity index (χ3v) is 3.52. The predicted molar refractivity (Wildman–Crippen MR) is 65.0 cm³/mol. The van der Waals surface area contributed by atoms with Gasteiger partial charge in [0.15, 0.2) is 0 Å². The largest absolute Gasteiger partial charge is 0.298 e. The van der Waals surface area contributed by atoms with Gasteiger partial charge in [0.1, 0.15) is 10.6 Å². The van der Waals surface area contributed by atoms with Gasteiger partial charge in [-0.05, 0) is 18.6 Å². The minimum absolute atomic E-state index is 0.0778. The van der Waals surface area contributed by atoms with Crippen molar-refractivity contribution in [2.75, 3.05) is 0 Å². The van der Waals surface area contributed by atoms with Gasteiger partial charge in [-0.3, -0.25) is 14.9 Å². The van der Waals surface area contributed by atoms with E-state index in [9.17, 15) is 14.9 Å². The van der Waals surface area contributed by atoms with Crippen molar-refractivity contribution in [2.24, 2.45) is 0 Å². The number of rotatable bonds is 4. The lowest BCUT2D eigenvalue weighted by atomic mass is 10.0. The van der Waals surface area contributed by atoms with Crippen LogP contribution >= 0.6 is 27.5 Å². The molecule has 1 aromatic carbocycles. The lowest BCUT2D eigenvalue weighted by Gasteiger charge is -2.08. The minimum atomic E-state index is -0.670. The van der Waals surface area contributed by atoms with Crippen LogP contribution in [0.25, 0.3) is 0 Å². The molecule has 0 aromatic heterocycles. The minimum Gasteiger partial charge on any atom is -0.298 e. The molecule has 0 saturated heterocycles. The number of benzene rings is 1. The number of nitro groups is 1. The van der Waals surface area contributed by atoms with Crippen LogP contribution in [0.3, 0.4) is 0 Å². The van der Waals surface area contributed by atoms with Crippen molar-refractivity contribution in [3.63, 3.8) is 0 Å². The predicted octanol–water partition coefficient (Wildman–Crippen LogP) is 3.36. The van der Waals surface area contributed by atoms with Gasteiger partial charge < -0.3 is 0 Å². The van der Waals surface area contributed by atoms with Crippen LogP contribution in [0, 0.1) is 10.1 Å². The average Bonchev–Trinajstić information content (AvgIpc) is 2.26. The Morgan fingerprint density at radius 2 is 2.25 bits per heavy atom. The van der Waals surface area contributed by atoms with E-state index in [1.54, 1.807) is 12.1 Å². The Hall–Kier alpha value is -0.940. The van der Waals surface area contributed by atoms with E-state index in [1.807, 2.05) is 0 Å². The first-order valence-electron chi connectivity index (χ1n) is 4.45. The van der Waals surface area contributed by atoms with Crippen LogP contribution < -0.4 is 0 Å². The van der Waals surface area contributed by atoms with Gasteiger partial charge in [-0.15, -0.1) is 11.6 Å². The molecule has 0 fully saturated rings. The van der Waals surface area contributed by atoms with Crippen molar-refractivity contribution >= 4 is 39.0 Å². The second-order valence-corrected chi connectivity index (χ2v) is 4.44. The zero-order valence-corrected chi connectivity index (χ0v) is 10.8. The molecular weight excluding hydrogens is 297 g/mol. The first-order chi connectivity index (χ1) is 7.47. The fourth-order valence-corrected chi connectivity index (χ4v) is 1.81. The molecule has 0 aliphatic carbocycles. The van der Waals surface area contributed by atoms with Crippen molar-refractivity contribution in [3.05, 3.63) is 39.4 Å². The molecule has 6 heteroatoms. The number of halogens is 2. The van der Waals surface area contributed by atoms with Gasteiger partial charge in [0, 0.05) is 11.9 Å². The summed E-state index contributed by atoms with van der Waals surface area (Å²) in [4.78, 5) is 20.8. The summed E-state index contributed by atoms with van der Waals surface area (Å²) in [6.45, 7) is 1.37. The van der Waals surface area contributed by atoms with E-state index in [2.05, 4.69) is 15.9 Å². The van der Waals surface area contributed by atoms with Crippen LogP contribution in [0.2, 0.25) is 0 Å². The Morgan fingerprint density at radius 3 is 2.69 bits per heavy atom. The summed E-state index contributed by atoms with van der Waals surface area (Å²) in [6, 6.07) is 4.52. The average molecular weight is 307 g/mol. The molecule has 0 bridgehead atoms. The standard InChI is InChI=1S/C10H9BrClNO3/c1-6(14)10(11)8-4-7(5-12)2-3-9(8)13(15)16/h2-4,10H,5H2,1H3. The van der Waals surface area contributed by atoms with Gasteiger partial charge in [-0.2, -0.15) is 0 Å². The number of hydrogen-bond donors (Lipinski definition) is 0. The fourth-order valence-electron chi connectivity index (χ4n) is 1.28. The second-order valence-electron chi connectivity index (χ2n) is 3.26. The molecule has 4 nitrogen and oxygen atoms in total. The molecule has 1 rings (SSSR count). The summed E-state index contributed by atoms with van der Waals surface area (Å²) in [7, 11) is 0. The van der Waals surface area contributed by atoms with Gasteiger partial charge in [0.25, 0.3) is 5.69 Å². The number of alkyl halides is 2. The van der Waals surface area contributed by atoms with Crippen molar-refractivity contribution in [1.29, 1.82) is 0 Å². The summed E-state index contributed by atoms with van der Waals surface area (Å²) in [6.07, 6.45) is 0. The molecule has 0 heterocycles. The molecule has 86 valence electrons. The summed E-state index contributed by atoms with van der Waals surface area (Å²) >= 11 is 8.78. The number of nitrogens with zero attached hydrogens (tertiary/aromatic N) is 1. The summed E-state index contributed by atoms with van der Waals surface area (Å²) in [5, 5.41) is 10.8. The molecule has 0 spiro atoms. The number of hydrogen-bond acceptors (Lipinski definition) is 3. The molecule has 16 heavy (non-hydrogen) atoms. The SMILES string of the molecule is CC(=O)C(Br)c1cc(CCl)ccc1[N+](=O)[O-]. The zero-order valence-electron chi connectivity index (χ0n) is 8.44. The van der Waals surface area contributed by atoms with Crippen LogP contribution in [0.1, 0.15) is 22.9 Å². The van der Waals surface area contributed by atoms with Crippen LogP contribution in [0.15, 0.2) is 18.2 Å². The highest BCUT2D eigenvalue weighted by atomic mass is 79.9. The summed E-state index contributed by atoms with van der Waals surface area (Å²) in [5.74, 6) is 0.0672. The van der Waals surface area contributed by atoms with Gasteiger partial charge >= 0.3 is 0 Å². The van der Waals surface area contributed by atoms with Crippen molar-refractivity contribution in [3.8, 4) is 0 Å².